The summed E-state index contributed by atoms with van der Waals surface area (Å²) >= 11 is 3.28. The van der Waals surface area contributed by atoms with Crippen molar-refractivity contribution in [2.45, 2.75) is 25.8 Å². The lowest BCUT2D eigenvalue weighted by Crippen LogP contribution is -2.32. The zero-order chi connectivity index (χ0) is 12.2. The number of anilines is 1. The first-order valence-corrected chi connectivity index (χ1v) is 5.73. The zero-order valence-electron chi connectivity index (χ0n) is 9.62. The SMILES string of the molecule is COc1nc(NC(C)(C)CCO)ncc1Br. The van der Waals surface area contributed by atoms with E-state index in [4.69, 9.17) is 9.84 Å². The first kappa shape index (κ1) is 13.2. The third-order valence-corrected chi connectivity index (χ3v) is 2.64. The summed E-state index contributed by atoms with van der Waals surface area (Å²) in [6, 6.07) is 0. The molecule has 0 unspecified atom stereocenters. The van der Waals surface area contributed by atoms with Crippen molar-refractivity contribution >= 4 is 21.9 Å². The van der Waals surface area contributed by atoms with Gasteiger partial charge in [0.25, 0.3) is 0 Å². The molecular weight excluding hydrogens is 274 g/mol. The summed E-state index contributed by atoms with van der Waals surface area (Å²) in [7, 11) is 1.55. The van der Waals surface area contributed by atoms with Gasteiger partial charge in [-0.2, -0.15) is 4.98 Å². The lowest BCUT2D eigenvalue weighted by Gasteiger charge is -2.25. The van der Waals surface area contributed by atoms with Crippen LogP contribution in [0, 0.1) is 0 Å². The number of nitrogens with zero attached hydrogens (tertiary/aromatic N) is 2. The van der Waals surface area contributed by atoms with Gasteiger partial charge in [0, 0.05) is 12.1 Å². The highest BCUT2D eigenvalue weighted by atomic mass is 79.9. The fraction of sp³-hybridized carbons (Fsp3) is 0.600. The maximum absolute atomic E-state index is 8.91. The van der Waals surface area contributed by atoms with Crippen molar-refractivity contribution in [1.82, 2.24) is 9.97 Å². The standard InChI is InChI=1S/C10H16BrN3O2/c1-10(2,4-5-15)14-9-12-6-7(11)8(13-9)16-3/h6,15H,4-5H2,1-3H3,(H,12,13,14). The Morgan fingerprint density at radius 2 is 2.25 bits per heavy atom. The monoisotopic (exact) mass is 289 g/mol. The van der Waals surface area contributed by atoms with Gasteiger partial charge in [-0.15, -0.1) is 0 Å². The van der Waals surface area contributed by atoms with Crippen LogP contribution < -0.4 is 10.1 Å². The Hall–Kier alpha value is -0.880. The van der Waals surface area contributed by atoms with E-state index in [1.807, 2.05) is 13.8 Å². The summed E-state index contributed by atoms with van der Waals surface area (Å²) in [5, 5.41) is 12.0. The highest BCUT2D eigenvalue weighted by Crippen LogP contribution is 2.23. The molecule has 90 valence electrons. The summed E-state index contributed by atoms with van der Waals surface area (Å²) in [5.41, 5.74) is -0.256. The predicted octanol–water partition coefficient (Wildman–Crippen LogP) is 1.82. The van der Waals surface area contributed by atoms with Crippen molar-refractivity contribution in [2.24, 2.45) is 0 Å². The first-order valence-electron chi connectivity index (χ1n) is 4.94. The second kappa shape index (κ2) is 5.45. The lowest BCUT2D eigenvalue weighted by molar-refractivity contribution is 0.260. The number of halogens is 1. The maximum Gasteiger partial charge on any atom is 0.232 e. The summed E-state index contributed by atoms with van der Waals surface area (Å²) < 4.78 is 5.78. The molecular formula is C10H16BrN3O2. The molecule has 0 aliphatic carbocycles. The molecule has 5 nitrogen and oxygen atoms in total. The molecule has 0 saturated carbocycles. The van der Waals surface area contributed by atoms with E-state index in [9.17, 15) is 0 Å². The van der Waals surface area contributed by atoms with Gasteiger partial charge in [-0.25, -0.2) is 4.98 Å². The number of methoxy groups -OCH3 is 1. The number of hydrogen-bond donors (Lipinski definition) is 2. The zero-order valence-corrected chi connectivity index (χ0v) is 11.2. The average Bonchev–Trinajstić information content (AvgIpc) is 2.20. The largest absolute Gasteiger partial charge is 0.480 e. The molecule has 1 rings (SSSR count). The van der Waals surface area contributed by atoms with Gasteiger partial charge in [0.05, 0.1) is 17.8 Å². The number of aliphatic hydroxyl groups is 1. The Morgan fingerprint density at radius 1 is 1.56 bits per heavy atom. The van der Waals surface area contributed by atoms with Gasteiger partial charge in [0.2, 0.25) is 11.8 Å². The fourth-order valence-electron chi connectivity index (χ4n) is 1.20. The van der Waals surface area contributed by atoms with Gasteiger partial charge in [-0.3, -0.25) is 0 Å². The normalized spacial score (nSPS) is 11.3. The van der Waals surface area contributed by atoms with Crippen molar-refractivity contribution in [3.8, 4) is 5.88 Å². The Balaban J connectivity index is 2.81. The van der Waals surface area contributed by atoms with E-state index in [1.54, 1.807) is 13.3 Å². The molecule has 1 aromatic rings. The van der Waals surface area contributed by atoms with Crippen LogP contribution in [0.3, 0.4) is 0 Å². The minimum atomic E-state index is -0.256. The summed E-state index contributed by atoms with van der Waals surface area (Å²) in [5.74, 6) is 0.968. The van der Waals surface area contributed by atoms with Crippen LogP contribution in [-0.4, -0.2) is 34.3 Å². The van der Waals surface area contributed by atoms with E-state index in [2.05, 4.69) is 31.2 Å². The van der Waals surface area contributed by atoms with Crippen LogP contribution in [0.4, 0.5) is 5.95 Å². The van der Waals surface area contributed by atoms with Crippen LogP contribution in [0.1, 0.15) is 20.3 Å². The molecule has 6 heteroatoms. The molecule has 0 amide bonds. The lowest BCUT2D eigenvalue weighted by atomic mass is 10.0. The minimum absolute atomic E-state index is 0.119. The minimum Gasteiger partial charge on any atom is -0.480 e. The molecule has 1 aromatic heterocycles. The molecule has 16 heavy (non-hydrogen) atoms. The maximum atomic E-state index is 8.91. The molecule has 0 aliphatic heterocycles. The van der Waals surface area contributed by atoms with Crippen LogP contribution in [0.2, 0.25) is 0 Å². The topological polar surface area (TPSA) is 67.3 Å². The van der Waals surface area contributed by atoms with Crippen LogP contribution >= 0.6 is 15.9 Å². The highest BCUT2D eigenvalue weighted by molar-refractivity contribution is 9.10. The van der Waals surface area contributed by atoms with Crippen LogP contribution in [0.25, 0.3) is 0 Å². The van der Waals surface area contributed by atoms with Crippen molar-refractivity contribution in [3.05, 3.63) is 10.7 Å². The van der Waals surface area contributed by atoms with E-state index in [0.717, 1.165) is 0 Å². The van der Waals surface area contributed by atoms with Crippen molar-refractivity contribution < 1.29 is 9.84 Å². The Morgan fingerprint density at radius 3 is 2.81 bits per heavy atom. The van der Waals surface area contributed by atoms with Crippen molar-refractivity contribution in [1.29, 1.82) is 0 Å². The Bertz CT molecular complexity index is 358. The van der Waals surface area contributed by atoms with Gasteiger partial charge >= 0.3 is 0 Å². The number of rotatable bonds is 5. The molecule has 2 N–H and O–H groups in total. The third-order valence-electron chi connectivity index (χ3n) is 2.09. The quantitative estimate of drug-likeness (QED) is 0.866. The summed E-state index contributed by atoms with van der Waals surface area (Å²) in [6.45, 7) is 4.07. The number of aliphatic hydroxyl groups excluding tert-OH is 1. The fourth-order valence-corrected chi connectivity index (χ4v) is 1.55. The second-order valence-corrected chi connectivity index (χ2v) is 4.89. The number of ether oxygens (including phenoxy) is 1. The van der Waals surface area contributed by atoms with E-state index < -0.39 is 0 Å². The predicted molar refractivity (Wildman–Crippen MR) is 65.7 cm³/mol. The summed E-state index contributed by atoms with van der Waals surface area (Å²) in [6.07, 6.45) is 2.25. The van der Waals surface area contributed by atoms with Crippen molar-refractivity contribution in [3.63, 3.8) is 0 Å². The molecule has 0 fully saturated rings. The molecule has 1 heterocycles. The molecule has 0 spiro atoms. The smallest absolute Gasteiger partial charge is 0.232 e. The highest BCUT2D eigenvalue weighted by Gasteiger charge is 2.18. The van der Waals surface area contributed by atoms with E-state index >= 15 is 0 Å². The number of aromatic nitrogens is 2. The number of hydrogen-bond acceptors (Lipinski definition) is 5. The van der Waals surface area contributed by atoms with Crippen molar-refractivity contribution in [2.75, 3.05) is 19.0 Å². The Kier molecular flexibility index (Phi) is 4.49. The van der Waals surface area contributed by atoms with Gasteiger partial charge in [-0.1, -0.05) is 0 Å². The van der Waals surface area contributed by atoms with Gasteiger partial charge in [-0.05, 0) is 36.2 Å². The van der Waals surface area contributed by atoms with E-state index in [1.165, 1.54) is 0 Å². The van der Waals surface area contributed by atoms with E-state index in [0.29, 0.717) is 22.7 Å². The molecule has 0 aliphatic rings. The second-order valence-electron chi connectivity index (χ2n) is 4.03. The van der Waals surface area contributed by atoms with Crippen LogP contribution in [0.5, 0.6) is 5.88 Å². The Labute approximate surface area is 103 Å². The van der Waals surface area contributed by atoms with Gasteiger partial charge < -0.3 is 15.2 Å². The third kappa shape index (κ3) is 3.61. The average molecular weight is 290 g/mol. The summed E-state index contributed by atoms with van der Waals surface area (Å²) in [4.78, 5) is 8.31. The first-order chi connectivity index (χ1) is 7.48. The van der Waals surface area contributed by atoms with Crippen LogP contribution in [0.15, 0.2) is 10.7 Å². The molecule has 0 atom stereocenters. The molecule has 0 radical (unpaired) electrons. The molecule has 0 aromatic carbocycles. The molecule has 0 saturated heterocycles. The van der Waals surface area contributed by atoms with Gasteiger partial charge in [0.15, 0.2) is 0 Å². The van der Waals surface area contributed by atoms with E-state index in [-0.39, 0.29) is 12.1 Å². The molecule has 0 bridgehead atoms. The van der Waals surface area contributed by atoms with Gasteiger partial charge in [0.1, 0.15) is 0 Å². The number of nitrogens with one attached hydrogen (secondary N) is 1. The van der Waals surface area contributed by atoms with Crippen LogP contribution in [-0.2, 0) is 0 Å².